The Balaban J connectivity index is 2.49. The fourth-order valence-electron chi connectivity index (χ4n) is 3.03. The Hall–Kier alpha value is -2.11. The molecule has 1 aromatic rings. The number of carbonyl (C=O) groups excluding carboxylic acids is 2. The van der Waals surface area contributed by atoms with Gasteiger partial charge >= 0.3 is 11.9 Å². The molecular weight excluding hydrogens is 358 g/mol. The van der Waals surface area contributed by atoms with Crippen LogP contribution in [0.1, 0.15) is 99.4 Å². The van der Waals surface area contributed by atoms with Crippen LogP contribution in [0.25, 0.3) is 6.08 Å². The lowest BCUT2D eigenvalue weighted by atomic mass is 10.0. The van der Waals surface area contributed by atoms with Crippen LogP contribution >= 0.6 is 0 Å². The maximum Gasteiger partial charge on any atom is 0.360 e. The molecule has 0 aliphatic rings. The fourth-order valence-corrected chi connectivity index (χ4v) is 3.03. The quantitative estimate of drug-likeness (QED) is 0.289. The Labute approximate surface area is 168 Å². The van der Waals surface area contributed by atoms with Crippen LogP contribution in [0.5, 0.6) is 0 Å². The van der Waals surface area contributed by atoms with Gasteiger partial charge < -0.3 is 14.0 Å². The van der Waals surface area contributed by atoms with Crippen molar-refractivity contribution in [3.8, 4) is 0 Å². The lowest BCUT2D eigenvalue weighted by Crippen LogP contribution is -2.05. The average Bonchev–Trinajstić information content (AvgIpc) is 3.11. The zero-order valence-corrected chi connectivity index (χ0v) is 17.6. The van der Waals surface area contributed by atoms with Gasteiger partial charge in [-0.15, -0.1) is 0 Å². The highest BCUT2D eigenvalue weighted by atomic mass is 16.5. The molecule has 1 aromatic heterocycles. The number of aromatic nitrogens is 1. The van der Waals surface area contributed by atoms with Crippen molar-refractivity contribution in [3.63, 3.8) is 0 Å². The number of hydrogen-bond donors (Lipinski definition) is 0. The molecule has 0 saturated heterocycles. The van der Waals surface area contributed by atoms with Gasteiger partial charge in [-0.25, -0.2) is 4.79 Å². The molecule has 0 saturated carbocycles. The Morgan fingerprint density at radius 3 is 2.39 bits per heavy atom. The van der Waals surface area contributed by atoms with Crippen LogP contribution in [-0.2, 0) is 20.7 Å². The fraction of sp³-hybridized carbons (Fsp3) is 0.682. The third-order valence-corrected chi connectivity index (χ3v) is 4.73. The molecule has 0 aliphatic heterocycles. The summed E-state index contributed by atoms with van der Waals surface area (Å²) in [6, 6.07) is 0. The minimum absolute atomic E-state index is 0.154. The largest absolute Gasteiger partial charge is 0.469 e. The molecule has 6 heteroatoms. The first-order valence-corrected chi connectivity index (χ1v) is 10.4. The molecule has 6 nitrogen and oxygen atoms in total. The number of allylic oxidation sites excluding steroid dienone is 1. The third kappa shape index (κ3) is 9.20. The molecule has 0 radical (unpaired) electrons. The second kappa shape index (κ2) is 14.9. The van der Waals surface area contributed by atoms with E-state index in [1.807, 2.05) is 6.08 Å². The maximum atomic E-state index is 11.9. The summed E-state index contributed by atoms with van der Waals surface area (Å²) in [7, 11) is 2.77. The van der Waals surface area contributed by atoms with Gasteiger partial charge in [0.05, 0.1) is 14.2 Å². The zero-order valence-electron chi connectivity index (χ0n) is 17.6. The van der Waals surface area contributed by atoms with Gasteiger partial charge in [0.15, 0.2) is 11.5 Å². The van der Waals surface area contributed by atoms with Crippen molar-refractivity contribution in [2.75, 3.05) is 14.2 Å². The number of ether oxygens (including phenoxy) is 2. The molecule has 0 N–H and O–H groups in total. The molecule has 1 heterocycles. The lowest BCUT2D eigenvalue weighted by molar-refractivity contribution is -0.140. The highest BCUT2D eigenvalue weighted by Crippen LogP contribution is 2.21. The molecule has 0 spiro atoms. The van der Waals surface area contributed by atoms with Gasteiger partial charge in [0.2, 0.25) is 0 Å². The molecule has 158 valence electrons. The van der Waals surface area contributed by atoms with Gasteiger partial charge in [-0.05, 0) is 38.2 Å². The molecule has 28 heavy (non-hydrogen) atoms. The molecule has 0 bridgehead atoms. The molecule has 0 aromatic carbocycles. The molecule has 1 rings (SSSR count). The smallest absolute Gasteiger partial charge is 0.360 e. The third-order valence-electron chi connectivity index (χ3n) is 4.73. The number of rotatable bonds is 15. The second-order valence-electron chi connectivity index (χ2n) is 6.96. The second-order valence-corrected chi connectivity index (χ2v) is 6.96. The zero-order chi connectivity index (χ0) is 20.6. The lowest BCUT2D eigenvalue weighted by Gasteiger charge is -2.03. The highest BCUT2D eigenvalue weighted by molar-refractivity contribution is 5.89. The first-order chi connectivity index (χ1) is 13.6. The van der Waals surface area contributed by atoms with Crippen molar-refractivity contribution in [1.29, 1.82) is 0 Å². The number of esters is 2. The van der Waals surface area contributed by atoms with E-state index < -0.39 is 5.97 Å². The highest BCUT2D eigenvalue weighted by Gasteiger charge is 2.20. The van der Waals surface area contributed by atoms with E-state index in [-0.39, 0.29) is 11.7 Å². The van der Waals surface area contributed by atoms with Crippen molar-refractivity contribution >= 4 is 18.0 Å². The van der Waals surface area contributed by atoms with Crippen molar-refractivity contribution in [3.05, 3.63) is 23.1 Å². The molecular formula is C22H35NO5. The monoisotopic (exact) mass is 393 g/mol. The van der Waals surface area contributed by atoms with Gasteiger partial charge in [-0.3, -0.25) is 4.79 Å². The molecule has 0 fully saturated rings. The minimum atomic E-state index is -0.459. The van der Waals surface area contributed by atoms with E-state index >= 15 is 0 Å². The van der Waals surface area contributed by atoms with Crippen LogP contribution in [0.4, 0.5) is 0 Å². The molecule has 0 amide bonds. The first kappa shape index (κ1) is 23.9. The summed E-state index contributed by atoms with van der Waals surface area (Å²) in [5.74, 6) is 0.0410. The summed E-state index contributed by atoms with van der Waals surface area (Å²) < 4.78 is 14.9. The predicted molar refractivity (Wildman–Crippen MR) is 109 cm³/mol. The number of carbonyl (C=O) groups is 2. The summed E-state index contributed by atoms with van der Waals surface area (Å²) in [6.07, 6.45) is 15.9. The molecule has 0 atom stereocenters. The van der Waals surface area contributed by atoms with E-state index in [1.165, 1.54) is 33.5 Å². The number of unbranched alkanes of at least 4 members (excludes halogenated alkanes) is 8. The Morgan fingerprint density at radius 2 is 1.68 bits per heavy atom. The van der Waals surface area contributed by atoms with E-state index in [4.69, 9.17) is 9.26 Å². The maximum absolute atomic E-state index is 11.9. The van der Waals surface area contributed by atoms with Gasteiger partial charge in [-0.2, -0.15) is 0 Å². The van der Waals surface area contributed by atoms with Gasteiger partial charge in [0, 0.05) is 12.0 Å². The Bertz CT molecular complexity index is 606. The SMILES string of the molecule is CCCCCC/C=C/c1onc(C(=O)OC)c1CCCCCCCC(=O)OC. The molecule has 0 unspecified atom stereocenters. The summed E-state index contributed by atoms with van der Waals surface area (Å²) in [6.45, 7) is 2.20. The Morgan fingerprint density at radius 1 is 0.964 bits per heavy atom. The number of hydrogen-bond acceptors (Lipinski definition) is 6. The molecule has 0 aliphatic carbocycles. The van der Waals surface area contributed by atoms with E-state index in [1.54, 1.807) is 0 Å². The van der Waals surface area contributed by atoms with E-state index in [0.29, 0.717) is 12.2 Å². The van der Waals surface area contributed by atoms with Crippen LogP contribution in [0.3, 0.4) is 0 Å². The van der Waals surface area contributed by atoms with Crippen LogP contribution < -0.4 is 0 Å². The van der Waals surface area contributed by atoms with Crippen molar-refractivity contribution in [2.45, 2.75) is 84.0 Å². The predicted octanol–water partition coefficient (Wildman–Crippen LogP) is 5.50. The van der Waals surface area contributed by atoms with E-state index in [0.717, 1.165) is 56.9 Å². The first-order valence-electron chi connectivity index (χ1n) is 10.4. The van der Waals surface area contributed by atoms with Crippen molar-refractivity contribution in [2.24, 2.45) is 0 Å². The minimum Gasteiger partial charge on any atom is -0.469 e. The van der Waals surface area contributed by atoms with Crippen LogP contribution in [0, 0.1) is 0 Å². The average molecular weight is 394 g/mol. The van der Waals surface area contributed by atoms with Gasteiger partial charge in [-0.1, -0.05) is 56.7 Å². The van der Waals surface area contributed by atoms with Crippen molar-refractivity contribution < 1.29 is 23.6 Å². The summed E-state index contributed by atoms with van der Waals surface area (Å²) >= 11 is 0. The van der Waals surface area contributed by atoms with Crippen LogP contribution in [0.2, 0.25) is 0 Å². The van der Waals surface area contributed by atoms with Gasteiger partial charge in [0.25, 0.3) is 0 Å². The topological polar surface area (TPSA) is 78.6 Å². The van der Waals surface area contributed by atoms with E-state index in [9.17, 15) is 9.59 Å². The van der Waals surface area contributed by atoms with Gasteiger partial charge in [0.1, 0.15) is 0 Å². The van der Waals surface area contributed by atoms with Crippen molar-refractivity contribution in [1.82, 2.24) is 5.16 Å². The summed E-state index contributed by atoms with van der Waals surface area (Å²) in [5.41, 5.74) is 1.10. The normalized spacial score (nSPS) is 11.1. The summed E-state index contributed by atoms with van der Waals surface area (Å²) in [4.78, 5) is 23.0. The Kier molecular flexibility index (Phi) is 12.7. The summed E-state index contributed by atoms with van der Waals surface area (Å²) in [5, 5.41) is 3.92. The van der Waals surface area contributed by atoms with E-state index in [2.05, 4.69) is 22.9 Å². The van der Waals surface area contributed by atoms with Crippen LogP contribution in [0.15, 0.2) is 10.6 Å². The number of nitrogens with zero attached hydrogens (tertiary/aromatic N) is 1. The standard InChI is InChI=1S/C22H35NO5/c1-4-5-6-7-10-13-16-19-18(21(23-28-19)22(25)27-3)15-12-9-8-11-14-17-20(24)26-2/h13,16H,4-12,14-15,17H2,1-3H3/b16-13+. The number of methoxy groups -OCH3 is 2. The van der Waals surface area contributed by atoms with Crippen LogP contribution in [-0.4, -0.2) is 31.3 Å².